The van der Waals surface area contributed by atoms with Crippen molar-refractivity contribution in [3.05, 3.63) is 36.2 Å². The van der Waals surface area contributed by atoms with Gasteiger partial charge in [-0.1, -0.05) is 30.3 Å². The van der Waals surface area contributed by atoms with E-state index >= 15 is 0 Å². The Morgan fingerprint density at radius 3 is 2.28 bits per heavy atom. The number of aliphatic imine (C=N–C) groups is 1. The molecule has 152 valence electrons. The number of benzene rings is 1. The molecule has 2 rings (SSSR count). The number of hydrogen-bond acceptors (Lipinski definition) is 7. The third-order valence-electron chi connectivity index (χ3n) is 3.78. The second kappa shape index (κ2) is 9.64. The molecule has 0 saturated heterocycles. The number of methoxy groups -OCH3 is 2. The molecule has 0 unspecified atom stereocenters. The Kier molecular flexibility index (Phi) is 7.26. The van der Waals surface area contributed by atoms with Crippen LogP contribution < -0.4 is 5.73 Å². The molecule has 0 aliphatic rings. The van der Waals surface area contributed by atoms with E-state index in [2.05, 4.69) is 20.2 Å². The number of ether oxygens (including phenoxy) is 2. The minimum atomic E-state index is -1.39. The smallest absolute Gasteiger partial charge is 0.327 e. The van der Waals surface area contributed by atoms with Gasteiger partial charge in [0.15, 0.2) is 5.82 Å². The van der Waals surface area contributed by atoms with Crippen molar-refractivity contribution in [3.63, 3.8) is 0 Å². The van der Waals surface area contributed by atoms with Crippen molar-refractivity contribution in [2.24, 2.45) is 28.0 Å². The highest BCUT2D eigenvalue weighted by Crippen LogP contribution is 2.33. The molecule has 0 atom stereocenters. The minimum Gasteiger partial charge on any atom is -0.468 e. The zero-order chi connectivity index (χ0) is 21.6. The summed E-state index contributed by atoms with van der Waals surface area (Å²) in [4.78, 5) is 32.8. The second-order valence-corrected chi connectivity index (χ2v) is 6.15. The first-order chi connectivity index (χ1) is 13.8. The van der Waals surface area contributed by atoms with Crippen LogP contribution in [0.5, 0.6) is 0 Å². The number of rotatable bonds is 5. The van der Waals surface area contributed by atoms with Crippen LogP contribution in [0, 0.1) is 0 Å². The molecule has 0 aliphatic heterocycles. The van der Waals surface area contributed by atoms with Crippen molar-refractivity contribution >= 4 is 40.9 Å². The van der Waals surface area contributed by atoms with Crippen LogP contribution in [-0.2, 0) is 26.1 Å². The first-order valence-electron chi connectivity index (χ1n) is 8.34. The van der Waals surface area contributed by atoms with Gasteiger partial charge in [-0.05, 0) is 19.1 Å². The van der Waals surface area contributed by atoms with Crippen LogP contribution in [0.4, 0.5) is 5.82 Å². The monoisotopic (exact) mass is 416 g/mol. The summed E-state index contributed by atoms with van der Waals surface area (Å²) in [6.45, 7) is 1.57. The number of nitrogens with two attached hydrogens (primary N) is 1. The quantitative estimate of drug-likeness (QED) is 0.197. The lowest BCUT2D eigenvalue weighted by Crippen LogP contribution is -2.27. The molecule has 0 bridgehead atoms. The number of carbonyl (C=O) groups is 2. The first kappa shape index (κ1) is 21.8. The van der Waals surface area contributed by atoms with Crippen LogP contribution in [0.3, 0.4) is 0 Å². The van der Waals surface area contributed by atoms with E-state index in [1.165, 1.54) is 18.8 Å². The zero-order valence-electron chi connectivity index (χ0n) is 16.3. The highest BCUT2D eigenvalue weighted by Gasteiger charge is 2.36. The summed E-state index contributed by atoms with van der Waals surface area (Å²) in [5.41, 5.74) is 6.58. The van der Waals surface area contributed by atoms with E-state index < -0.39 is 17.9 Å². The Bertz CT molecular complexity index is 964. The van der Waals surface area contributed by atoms with Gasteiger partial charge < -0.3 is 19.8 Å². The number of carbonyl (C=O) groups excluding carboxylic acids is 2. The Balaban J connectivity index is 2.66. The molecule has 29 heavy (non-hydrogen) atoms. The Hall–Kier alpha value is -3.47. The van der Waals surface area contributed by atoms with E-state index in [0.717, 1.165) is 0 Å². The molecule has 1 aromatic heterocycles. The van der Waals surface area contributed by atoms with Crippen LogP contribution in [0.25, 0.3) is 11.3 Å². The van der Waals surface area contributed by atoms with Gasteiger partial charge in [-0.2, -0.15) is 0 Å². The second-order valence-electron chi connectivity index (χ2n) is 5.78. The molecule has 0 aliphatic carbocycles. The van der Waals surface area contributed by atoms with Gasteiger partial charge in [-0.25, -0.2) is 9.98 Å². The molecular formula is C18H20N6O4S. The molecule has 2 aromatic rings. The van der Waals surface area contributed by atoms with Crippen molar-refractivity contribution in [2.75, 3.05) is 14.2 Å². The summed E-state index contributed by atoms with van der Waals surface area (Å²) in [5, 5.41) is 7.93. The molecule has 1 heterocycles. The lowest BCUT2D eigenvalue weighted by molar-refractivity contribution is -0.154. The van der Waals surface area contributed by atoms with E-state index in [1.54, 1.807) is 26.1 Å². The van der Waals surface area contributed by atoms with Gasteiger partial charge in [0, 0.05) is 12.6 Å². The lowest BCUT2D eigenvalue weighted by Gasteiger charge is -2.12. The molecule has 1 aromatic carbocycles. The fraction of sp³-hybridized carbons (Fsp3) is 0.278. The van der Waals surface area contributed by atoms with Crippen molar-refractivity contribution in [1.82, 2.24) is 9.55 Å². The normalized spacial score (nSPS) is 11.7. The van der Waals surface area contributed by atoms with Gasteiger partial charge in [-0.3, -0.25) is 9.59 Å². The van der Waals surface area contributed by atoms with Gasteiger partial charge in [-0.15, -0.1) is 10.2 Å². The van der Waals surface area contributed by atoms with E-state index in [9.17, 15) is 9.59 Å². The van der Waals surface area contributed by atoms with E-state index in [0.29, 0.717) is 11.3 Å². The van der Waals surface area contributed by atoms with E-state index in [-0.39, 0.29) is 22.6 Å². The molecule has 0 fully saturated rings. The average molecular weight is 416 g/mol. The summed E-state index contributed by atoms with van der Waals surface area (Å²) in [7, 11) is 3.93. The van der Waals surface area contributed by atoms with Gasteiger partial charge in [0.2, 0.25) is 11.0 Å². The van der Waals surface area contributed by atoms with Crippen molar-refractivity contribution in [3.8, 4) is 11.3 Å². The Labute approximate surface area is 172 Å². The van der Waals surface area contributed by atoms with Gasteiger partial charge >= 0.3 is 11.9 Å². The topological polar surface area (TPSA) is 134 Å². The number of azo groups is 1. The third-order valence-corrected chi connectivity index (χ3v) is 3.95. The largest absolute Gasteiger partial charge is 0.468 e. The number of esters is 2. The molecule has 10 nitrogen and oxygen atoms in total. The minimum absolute atomic E-state index is 0.0794. The predicted octanol–water partition coefficient (Wildman–Crippen LogP) is 2.26. The molecule has 0 amide bonds. The van der Waals surface area contributed by atoms with Crippen molar-refractivity contribution in [1.29, 1.82) is 0 Å². The van der Waals surface area contributed by atoms with Crippen molar-refractivity contribution < 1.29 is 19.1 Å². The summed E-state index contributed by atoms with van der Waals surface area (Å²) in [6, 6.07) is 9.08. The van der Waals surface area contributed by atoms with E-state index in [4.69, 9.17) is 27.4 Å². The summed E-state index contributed by atoms with van der Waals surface area (Å²) >= 11 is 5.01. The highest BCUT2D eigenvalue weighted by atomic mass is 32.1. The summed E-state index contributed by atoms with van der Waals surface area (Å²) in [6.07, 6.45) is 0. The molecule has 0 spiro atoms. The standard InChI is InChI=1S/C18H20N6O4S/c1-10(19)20-18(29)23-22-15-13(11-8-6-5-7-9-11)21-14(24(15)2)12(16(25)27-3)17(26)28-4/h5-9,12H,1-4H3,(H2,19,20,29)/b23-22+. The third kappa shape index (κ3) is 5.08. The van der Waals surface area contributed by atoms with Gasteiger partial charge in [0.25, 0.3) is 0 Å². The Morgan fingerprint density at radius 2 is 1.76 bits per heavy atom. The number of hydrogen-bond donors (Lipinski definition) is 1. The molecule has 0 radical (unpaired) electrons. The average Bonchev–Trinajstić information content (AvgIpc) is 3.02. The van der Waals surface area contributed by atoms with Gasteiger partial charge in [0.1, 0.15) is 11.5 Å². The van der Waals surface area contributed by atoms with Crippen LogP contribution >= 0.6 is 12.2 Å². The van der Waals surface area contributed by atoms with Crippen molar-refractivity contribution in [2.45, 2.75) is 12.8 Å². The first-order valence-corrected chi connectivity index (χ1v) is 8.75. The maximum Gasteiger partial charge on any atom is 0.327 e. The highest BCUT2D eigenvalue weighted by molar-refractivity contribution is 7.80. The number of nitrogens with zero attached hydrogens (tertiary/aromatic N) is 5. The Morgan fingerprint density at radius 1 is 1.17 bits per heavy atom. The van der Waals surface area contributed by atoms with Crippen LogP contribution in [0.2, 0.25) is 0 Å². The number of thiocarbonyl (C=S) groups is 1. The van der Waals surface area contributed by atoms with Gasteiger partial charge in [0.05, 0.1) is 20.1 Å². The number of amidine groups is 1. The maximum absolute atomic E-state index is 12.2. The fourth-order valence-corrected chi connectivity index (χ4v) is 2.66. The molecule has 2 N–H and O–H groups in total. The van der Waals surface area contributed by atoms with Crippen LogP contribution in [0.1, 0.15) is 18.7 Å². The zero-order valence-corrected chi connectivity index (χ0v) is 17.1. The van der Waals surface area contributed by atoms with E-state index in [1.807, 2.05) is 18.2 Å². The number of imidazole rings is 1. The summed E-state index contributed by atoms with van der Waals surface area (Å²) in [5.74, 6) is -2.44. The van der Waals surface area contributed by atoms with Crippen LogP contribution in [-0.4, -0.2) is 46.7 Å². The fourth-order valence-electron chi connectivity index (χ4n) is 2.48. The summed E-state index contributed by atoms with van der Waals surface area (Å²) < 4.78 is 10.9. The SMILES string of the molecule is COC(=O)C(C(=O)OC)c1nc(-c2ccccc2)c(/N=N/C(=S)/N=C(/C)N)n1C. The number of aromatic nitrogens is 2. The predicted molar refractivity (Wildman–Crippen MR) is 110 cm³/mol. The molecular weight excluding hydrogens is 396 g/mol. The lowest BCUT2D eigenvalue weighted by atomic mass is 10.1. The van der Waals surface area contributed by atoms with Crippen LogP contribution in [0.15, 0.2) is 45.6 Å². The maximum atomic E-state index is 12.2. The molecule has 0 saturated carbocycles. The molecule has 11 heteroatoms.